The lowest BCUT2D eigenvalue weighted by molar-refractivity contribution is -0.143. The number of carbonyl (C=O) groups excluding carboxylic acids is 1. The lowest BCUT2D eigenvalue weighted by atomic mass is 10.0. The van der Waals surface area contributed by atoms with Gasteiger partial charge in [-0.25, -0.2) is 0 Å². The molecule has 1 unspecified atom stereocenters. The van der Waals surface area contributed by atoms with Crippen LogP contribution in [0.25, 0.3) is 0 Å². The first-order chi connectivity index (χ1) is 9.06. The highest BCUT2D eigenvalue weighted by Crippen LogP contribution is 2.07. The molecular formula is C14H25N3O2. The summed E-state index contributed by atoms with van der Waals surface area (Å²) in [7, 11) is 1.43. The van der Waals surface area contributed by atoms with Crippen LogP contribution in [-0.4, -0.2) is 28.9 Å². The summed E-state index contributed by atoms with van der Waals surface area (Å²) in [5.41, 5.74) is 1.09. The maximum atomic E-state index is 11.7. The Morgan fingerprint density at radius 3 is 2.84 bits per heavy atom. The number of aryl methyl sites for hydroxylation is 1. The number of methoxy groups -OCH3 is 1. The summed E-state index contributed by atoms with van der Waals surface area (Å²) in [6.07, 6.45) is 5.69. The smallest absolute Gasteiger partial charge is 0.322 e. The summed E-state index contributed by atoms with van der Waals surface area (Å²) in [4.78, 5) is 11.7. The van der Waals surface area contributed by atoms with E-state index in [9.17, 15) is 4.79 Å². The summed E-state index contributed by atoms with van der Waals surface area (Å²) >= 11 is 0. The third-order valence-electron chi connectivity index (χ3n) is 2.88. The molecule has 5 heteroatoms. The predicted molar refractivity (Wildman–Crippen MR) is 74.6 cm³/mol. The molecule has 0 saturated heterocycles. The Morgan fingerprint density at radius 2 is 2.26 bits per heavy atom. The van der Waals surface area contributed by atoms with Crippen molar-refractivity contribution in [3.05, 3.63) is 18.0 Å². The maximum absolute atomic E-state index is 11.7. The quantitative estimate of drug-likeness (QED) is 0.732. The van der Waals surface area contributed by atoms with E-state index >= 15 is 0 Å². The first-order valence-electron chi connectivity index (χ1n) is 6.89. The number of hydrogen-bond acceptors (Lipinski definition) is 4. The van der Waals surface area contributed by atoms with Gasteiger partial charge in [0.05, 0.1) is 13.3 Å². The fourth-order valence-electron chi connectivity index (χ4n) is 1.97. The highest BCUT2D eigenvalue weighted by molar-refractivity contribution is 5.75. The third kappa shape index (κ3) is 5.42. The molecular weight excluding hydrogens is 242 g/mol. The molecule has 1 aromatic heterocycles. The minimum Gasteiger partial charge on any atom is -0.468 e. The molecule has 1 rings (SSSR count). The zero-order valence-electron chi connectivity index (χ0n) is 12.3. The van der Waals surface area contributed by atoms with Gasteiger partial charge in [0.1, 0.15) is 6.04 Å². The fourth-order valence-corrected chi connectivity index (χ4v) is 1.97. The second kappa shape index (κ2) is 7.94. The Morgan fingerprint density at radius 1 is 1.53 bits per heavy atom. The van der Waals surface area contributed by atoms with Crippen molar-refractivity contribution < 1.29 is 9.53 Å². The van der Waals surface area contributed by atoms with E-state index in [0.29, 0.717) is 12.5 Å². The minimum atomic E-state index is -0.250. The lowest BCUT2D eigenvalue weighted by Gasteiger charge is -2.17. The monoisotopic (exact) mass is 267 g/mol. The summed E-state index contributed by atoms with van der Waals surface area (Å²) in [5, 5.41) is 7.52. The van der Waals surface area contributed by atoms with Crippen LogP contribution >= 0.6 is 0 Å². The van der Waals surface area contributed by atoms with E-state index in [1.807, 2.05) is 17.1 Å². The second-order valence-corrected chi connectivity index (χ2v) is 5.20. The SMILES string of the molecule is CCCn1cc(CNC(CC(C)C)C(=O)OC)cn1. The van der Waals surface area contributed by atoms with Crippen molar-refractivity contribution in [3.63, 3.8) is 0 Å². The standard InChI is InChI=1S/C14H25N3O2/c1-5-6-17-10-12(9-16-17)8-15-13(7-11(2)3)14(18)19-4/h9-11,13,15H,5-8H2,1-4H3. The molecule has 0 aliphatic rings. The molecule has 0 aromatic carbocycles. The summed E-state index contributed by atoms with van der Waals surface area (Å²) in [5.74, 6) is 0.245. The van der Waals surface area contributed by atoms with Crippen molar-refractivity contribution in [2.45, 2.75) is 52.7 Å². The van der Waals surface area contributed by atoms with Crippen LogP contribution in [0.5, 0.6) is 0 Å². The summed E-state index contributed by atoms with van der Waals surface area (Å²) in [6.45, 7) is 7.87. The van der Waals surface area contributed by atoms with Gasteiger partial charge >= 0.3 is 5.97 Å². The van der Waals surface area contributed by atoms with Gasteiger partial charge in [0, 0.05) is 24.8 Å². The molecule has 0 saturated carbocycles. The number of hydrogen-bond donors (Lipinski definition) is 1. The molecule has 0 radical (unpaired) electrons. The zero-order chi connectivity index (χ0) is 14.3. The number of nitrogens with zero attached hydrogens (tertiary/aromatic N) is 2. The fraction of sp³-hybridized carbons (Fsp3) is 0.714. The number of rotatable bonds is 8. The molecule has 108 valence electrons. The first-order valence-corrected chi connectivity index (χ1v) is 6.89. The molecule has 0 bridgehead atoms. The second-order valence-electron chi connectivity index (χ2n) is 5.20. The predicted octanol–water partition coefficient (Wildman–Crippen LogP) is 1.97. The molecule has 0 aliphatic carbocycles. The van der Waals surface area contributed by atoms with E-state index in [-0.39, 0.29) is 12.0 Å². The minimum absolute atomic E-state index is 0.199. The van der Waals surface area contributed by atoms with Gasteiger partial charge in [0.25, 0.3) is 0 Å². The molecule has 1 atom stereocenters. The van der Waals surface area contributed by atoms with E-state index in [4.69, 9.17) is 4.74 Å². The van der Waals surface area contributed by atoms with Crippen molar-refractivity contribution >= 4 is 5.97 Å². The lowest BCUT2D eigenvalue weighted by Crippen LogP contribution is -2.38. The van der Waals surface area contributed by atoms with E-state index in [1.54, 1.807) is 0 Å². The highest BCUT2D eigenvalue weighted by atomic mass is 16.5. The Balaban J connectivity index is 2.52. The van der Waals surface area contributed by atoms with Gasteiger partial charge in [-0.3, -0.25) is 9.48 Å². The van der Waals surface area contributed by atoms with Crippen molar-refractivity contribution in [1.29, 1.82) is 0 Å². The van der Waals surface area contributed by atoms with Crippen molar-refractivity contribution in [3.8, 4) is 0 Å². The van der Waals surface area contributed by atoms with Crippen LogP contribution in [0.3, 0.4) is 0 Å². The van der Waals surface area contributed by atoms with Crippen LogP contribution in [0.15, 0.2) is 12.4 Å². The summed E-state index contributed by atoms with van der Waals surface area (Å²) in [6, 6.07) is -0.250. The maximum Gasteiger partial charge on any atom is 0.322 e. The Bertz CT molecular complexity index is 388. The Labute approximate surface area is 115 Å². The zero-order valence-corrected chi connectivity index (χ0v) is 12.3. The van der Waals surface area contributed by atoms with Crippen LogP contribution in [-0.2, 0) is 22.6 Å². The highest BCUT2D eigenvalue weighted by Gasteiger charge is 2.19. The van der Waals surface area contributed by atoms with Gasteiger partial charge in [-0.15, -0.1) is 0 Å². The van der Waals surface area contributed by atoms with Crippen molar-refractivity contribution in [1.82, 2.24) is 15.1 Å². The van der Waals surface area contributed by atoms with Gasteiger partial charge in [0.15, 0.2) is 0 Å². The molecule has 1 N–H and O–H groups in total. The van der Waals surface area contributed by atoms with Crippen LogP contribution in [0.2, 0.25) is 0 Å². The molecule has 0 amide bonds. The van der Waals surface area contributed by atoms with E-state index in [0.717, 1.165) is 24.9 Å². The van der Waals surface area contributed by atoms with Gasteiger partial charge in [-0.2, -0.15) is 5.10 Å². The molecule has 1 heterocycles. The van der Waals surface area contributed by atoms with Crippen LogP contribution in [0.4, 0.5) is 0 Å². The summed E-state index contributed by atoms with van der Waals surface area (Å²) < 4.78 is 6.75. The average molecular weight is 267 g/mol. The van der Waals surface area contributed by atoms with Gasteiger partial charge in [0.2, 0.25) is 0 Å². The number of nitrogens with one attached hydrogen (secondary N) is 1. The van der Waals surface area contributed by atoms with Crippen LogP contribution in [0.1, 0.15) is 39.2 Å². The van der Waals surface area contributed by atoms with Gasteiger partial charge < -0.3 is 10.1 Å². The van der Waals surface area contributed by atoms with Crippen molar-refractivity contribution in [2.24, 2.45) is 5.92 Å². The molecule has 0 fully saturated rings. The van der Waals surface area contributed by atoms with E-state index in [1.165, 1.54) is 7.11 Å². The first kappa shape index (κ1) is 15.7. The number of carbonyl (C=O) groups is 1. The average Bonchev–Trinajstić information content (AvgIpc) is 2.81. The molecule has 1 aromatic rings. The molecule has 5 nitrogen and oxygen atoms in total. The normalized spacial score (nSPS) is 12.7. The Hall–Kier alpha value is -1.36. The number of esters is 1. The largest absolute Gasteiger partial charge is 0.468 e. The van der Waals surface area contributed by atoms with E-state index in [2.05, 4.69) is 31.2 Å². The number of ether oxygens (including phenoxy) is 1. The van der Waals surface area contributed by atoms with Gasteiger partial charge in [-0.05, 0) is 18.8 Å². The molecule has 0 spiro atoms. The topological polar surface area (TPSA) is 56.2 Å². The third-order valence-corrected chi connectivity index (χ3v) is 2.88. The number of aromatic nitrogens is 2. The molecule has 0 aliphatic heterocycles. The van der Waals surface area contributed by atoms with Crippen LogP contribution in [0, 0.1) is 5.92 Å². The Kier molecular flexibility index (Phi) is 6.56. The van der Waals surface area contributed by atoms with Gasteiger partial charge in [-0.1, -0.05) is 20.8 Å². The van der Waals surface area contributed by atoms with Crippen molar-refractivity contribution in [2.75, 3.05) is 7.11 Å². The molecule has 19 heavy (non-hydrogen) atoms. The van der Waals surface area contributed by atoms with Crippen LogP contribution < -0.4 is 5.32 Å². The van der Waals surface area contributed by atoms with E-state index < -0.39 is 0 Å².